The molecule has 0 aliphatic carbocycles. The van der Waals surface area contributed by atoms with Gasteiger partial charge in [-0.1, -0.05) is 12.1 Å². The minimum atomic E-state index is -3.84. The largest absolute Gasteiger partial charge is 0.497 e. The summed E-state index contributed by atoms with van der Waals surface area (Å²) < 4.78 is 28.3. The summed E-state index contributed by atoms with van der Waals surface area (Å²) in [5.74, 6) is 0.489. The lowest BCUT2D eigenvalue weighted by molar-refractivity contribution is -0.297. The molecule has 3 rings (SSSR count). The number of primary sulfonamides is 1. The van der Waals surface area contributed by atoms with Crippen molar-refractivity contribution in [3.8, 4) is 5.75 Å². The molecule has 2 aromatic rings. The molecule has 1 heterocycles. The van der Waals surface area contributed by atoms with E-state index < -0.39 is 16.1 Å². The molecule has 2 aromatic carbocycles. The normalized spacial score (nSPS) is 16.7. The highest BCUT2D eigenvalue weighted by molar-refractivity contribution is 7.89. The average Bonchev–Trinajstić information content (AvgIpc) is 3.07. The number of carbonyl (C=O) groups is 1. The average molecular weight is 433 g/mol. The number of methoxy groups -OCH3 is 1. The molecule has 9 nitrogen and oxygen atoms in total. The summed E-state index contributed by atoms with van der Waals surface area (Å²) in [6.45, 7) is 0. The van der Waals surface area contributed by atoms with Gasteiger partial charge in [0.2, 0.25) is 15.9 Å². The summed E-state index contributed by atoms with van der Waals surface area (Å²) in [7, 11) is -0.742. The standard InChI is InChI=1S/C20H23N3O6S/c1-22-18(24)12-11-17-19(13-5-9-16(10-6-13)30(21,26)27)20(23(25)29-17)14-3-7-15(28-2)8-4-14/h3-10,17,25H,11-12H2,1-2H3,(H,22,24)(H2,21,26,27). The minimum absolute atomic E-state index is 0.0282. The van der Waals surface area contributed by atoms with Gasteiger partial charge in [0.15, 0.2) is 0 Å². The van der Waals surface area contributed by atoms with Crippen LogP contribution in [-0.2, 0) is 19.7 Å². The second kappa shape index (κ2) is 8.84. The number of hydroxylamine groups is 2. The zero-order valence-corrected chi connectivity index (χ0v) is 17.3. The van der Waals surface area contributed by atoms with Crippen LogP contribution in [0.4, 0.5) is 0 Å². The van der Waals surface area contributed by atoms with Crippen molar-refractivity contribution in [1.82, 2.24) is 10.5 Å². The van der Waals surface area contributed by atoms with E-state index in [0.717, 1.165) is 0 Å². The van der Waals surface area contributed by atoms with E-state index in [1.54, 1.807) is 50.6 Å². The molecule has 30 heavy (non-hydrogen) atoms. The lowest BCUT2D eigenvalue weighted by Gasteiger charge is -2.14. The van der Waals surface area contributed by atoms with E-state index in [9.17, 15) is 18.4 Å². The molecule has 1 aliphatic heterocycles. The Kier molecular flexibility index (Phi) is 6.42. The number of benzene rings is 2. The van der Waals surface area contributed by atoms with Crippen molar-refractivity contribution in [2.75, 3.05) is 14.2 Å². The number of hydrogen-bond acceptors (Lipinski definition) is 7. The Morgan fingerprint density at radius 3 is 2.30 bits per heavy atom. The zero-order valence-electron chi connectivity index (χ0n) is 16.5. The molecule has 1 aliphatic rings. The monoisotopic (exact) mass is 433 g/mol. The van der Waals surface area contributed by atoms with Gasteiger partial charge in [0.25, 0.3) is 0 Å². The summed E-state index contributed by atoms with van der Waals surface area (Å²) in [5, 5.41) is 18.9. The third-order valence-corrected chi connectivity index (χ3v) is 5.69. The minimum Gasteiger partial charge on any atom is -0.497 e. The van der Waals surface area contributed by atoms with Crippen LogP contribution in [0.1, 0.15) is 24.0 Å². The van der Waals surface area contributed by atoms with E-state index in [2.05, 4.69) is 5.32 Å². The van der Waals surface area contributed by atoms with E-state index in [0.29, 0.717) is 39.8 Å². The Morgan fingerprint density at radius 1 is 1.17 bits per heavy atom. The Bertz CT molecular complexity index is 1050. The highest BCUT2D eigenvalue weighted by atomic mass is 32.2. The number of nitrogens with zero attached hydrogens (tertiary/aromatic N) is 1. The molecule has 1 unspecified atom stereocenters. The Morgan fingerprint density at radius 2 is 1.77 bits per heavy atom. The molecule has 10 heteroatoms. The number of ether oxygens (including phenoxy) is 1. The van der Waals surface area contributed by atoms with Crippen molar-refractivity contribution >= 4 is 27.2 Å². The van der Waals surface area contributed by atoms with E-state index in [4.69, 9.17) is 14.7 Å². The van der Waals surface area contributed by atoms with Crippen molar-refractivity contribution in [2.24, 2.45) is 5.14 Å². The van der Waals surface area contributed by atoms with E-state index in [-0.39, 0.29) is 17.2 Å². The summed E-state index contributed by atoms with van der Waals surface area (Å²) in [4.78, 5) is 17.3. The van der Waals surface area contributed by atoms with Crippen molar-refractivity contribution in [2.45, 2.75) is 23.8 Å². The predicted molar refractivity (Wildman–Crippen MR) is 109 cm³/mol. The highest BCUT2D eigenvalue weighted by Crippen LogP contribution is 2.40. The van der Waals surface area contributed by atoms with Crippen LogP contribution in [0.2, 0.25) is 0 Å². The van der Waals surface area contributed by atoms with Gasteiger partial charge in [-0.05, 0) is 48.4 Å². The highest BCUT2D eigenvalue weighted by Gasteiger charge is 2.34. The van der Waals surface area contributed by atoms with Crippen LogP contribution < -0.4 is 15.2 Å². The Balaban J connectivity index is 2.08. The Labute approximate surface area is 174 Å². The first-order valence-corrected chi connectivity index (χ1v) is 10.7. The first kappa shape index (κ1) is 21.8. The topological polar surface area (TPSA) is 131 Å². The fourth-order valence-electron chi connectivity index (χ4n) is 3.23. The molecule has 0 fully saturated rings. The van der Waals surface area contributed by atoms with Crippen LogP contribution in [0.3, 0.4) is 0 Å². The van der Waals surface area contributed by atoms with Crippen molar-refractivity contribution in [3.63, 3.8) is 0 Å². The van der Waals surface area contributed by atoms with Gasteiger partial charge in [-0.2, -0.15) is 0 Å². The number of carbonyl (C=O) groups excluding carboxylic acids is 1. The van der Waals surface area contributed by atoms with Crippen LogP contribution >= 0.6 is 0 Å². The molecule has 0 aromatic heterocycles. The molecule has 1 atom stereocenters. The van der Waals surface area contributed by atoms with Crippen LogP contribution in [-0.4, -0.2) is 45.0 Å². The van der Waals surface area contributed by atoms with Gasteiger partial charge in [0.05, 0.1) is 12.0 Å². The van der Waals surface area contributed by atoms with Gasteiger partial charge < -0.3 is 10.1 Å². The van der Waals surface area contributed by atoms with Gasteiger partial charge >= 0.3 is 0 Å². The number of rotatable bonds is 7. The molecular weight excluding hydrogens is 410 g/mol. The smallest absolute Gasteiger partial charge is 0.238 e. The van der Waals surface area contributed by atoms with Gasteiger partial charge in [0.1, 0.15) is 17.6 Å². The molecule has 0 saturated carbocycles. The second-order valence-electron chi connectivity index (χ2n) is 6.64. The number of sulfonamides is 1. The van der Waals surface area contributed by atoms with Gasteiger partial charge in [-0.3, -0.25) is 10.0 Å². The summed E-state index contributed by atoms with van der Waals surface area (Å²) in [6.07, 6.45) is -0.128. The number of hydrogen-bond donors (Lipinski definition) is 3. The number of amides is 1. The van der Waals surface area contributed by atoms with Crippen molar-refractivity contribution < 1.29 is 28.0 Å². The van der Waals surface area contributed by atoms with Crippen LogP contribution in [0, 0.1) is 0 Å². The molecular formula is C20H23N3O6S. The summed E-state index contributed by atoms with van der Waals surface area (Å²) in [5.41, 5.74) is 2.30. The molecule has 160 valence electrons. The molecule has 0 radical (unpaired) electrons. The van der Waals surface area contributed by atoms with Crippen LogP contribution in [0.15, 0.2) is 53.4 Å². The summed E-state index contributed by atoms with van der Waals surface area (Å²) >= 11 is 0. The molecule has 0 bridgehead atoms. The van der Waals surface area contributed by atoms with Gasteiger partial charge in [0, 0.05) is 24.6 Å². The molecule has 0 spiro atoms. The fraction of sp³-hybridized carbons (Fsp3) is 0.250. The van der Waals surface area contributed by atoms with E-state index in [1.165, 1.54) is 12.1 Å². The molecule has 1 amide bonds. The summed E-state index contributed by atoms with van der Waals surface area (Å²) in [6, 6.07) is 13.0. The third kappa shape index (κ3) is 4.62. The predicted octanol–water partition coefficient (Wildman–Crippen LogP) is 1.74. The van der Waals surface area contributed by atoms with E-state index in [1.807, 2.05) is 0 Å². The first-order valence-electron chi connectivity index (χ1n) is 9.12. The maximum absolute atomic E-state index is 11.7. The maximum atomic E-state index is 11.7. The molecule has 0 saturated heterocycles. The Hall–Kier alpha value is -2.92. The zero-order chi connectivity index (χ0) is 21.9. The lowest BCUT2D eigenvalue weighted by Crippen LogP contribution is -2.22. The second-order valence-corrected chi connectivity index (χ2v) is 8.20. The lowest BCUT2D eigenvalue weighted by atomic mass is 9.93. The molecule has 4 N–H and O–H groups in total. The van der Waals surface area contributed by atoms with Crippen molar-refractivity contribution in [3.05, 3.63) is 59.7 Å². The van der Waals surface area contributed by atoms with Crippen LogP contribution in [0.5, 0.6) is 5.75 Å². The number of nitrogens with one attached hydrogen (secondary N) is 1. The maximum Gasteiger partial charge on any atom is 0.238 e. The van der Waals surface area contributed by atoms with Crippen molar-refractivity contribution in [1.29, 1.82) is 0 Å². The fourth-order valence-corrected chi connectivity index (χ4v) is 3.74. The van der Waals surface area contributed by atoms with Gasteiger partial charge in [-0.15, -0.1) is 5.23 Å². The SMILES string of the molecule is CNC(=O)CCC1ON(O)C(c2ccc(OC)cc2)=C1c1ccc(S(N)(=O)=O)cc1. The van der Waals surface area contributed by atoms with Gasteiger partial charge in [-0.25, -0.2) is 18.4 Å². The number of nitrogens with two attached hydrogens (primary N) is 1. The van der Waals surface area contributed by atoms with E-state index >= 15 is 0 Å². The quantitative estimate of drug-likeness (QED) is 0.606. The first-order chi connectivity index (χ1) is 14.2. The van der Waals surface area contributed by atoms with Crippen LogP contribution in [0.25, 0.3) is 11.3 Å². The third-order valence-electron chi connectivity index (χ3n) is 4.77.